The molecule has 1 aliphatic carbocycles. The Kier molecular flexibility index (Phi) is 7.08. The zero-order valence-electron chi connectivity index (χ0n) is 21.2. The van der Waals surface area contributed by atoms with Gasteiger partial charge in [0.1, 0.15) is 19.3 Å². The fourth-order valence-corrected chi connectivity index (χ4v) is 6.54. The molecule has 0 fully saturated rings. The molecule has 196 valence electrons. The Balaban J connectivity index is 1.22. The lowest BCUT2D eigenvalue weighted by Gasteiger charge is -2.20. The summed E-state index contributed by atoms with van der Waals surface area (Å²) in [6.07, 6.45) is 1.10. The van der Waals surface area contributed by atoms with Gasteiger partial charge in [0.15, 0.2) is 0 Å². The number of ether oxygens (including phenoxy) is 2. The highest BCUT2D eigenvalue weighted by Gasteiger charge is 2.32. The topological polar surface area (TPSA) is 98.8 Å². The Labute approximate surface area is 222 Å². The molecule has 1 amide bonds. The minimum atomic E-state index is -3.71. The molecule has 1 atom stereocenters. The van der Waals surface area contributed by atoms with E-state index in [2.05, 4.69) is 17.4 Å². The van der Waals surface area contributed by atoms with Crippen molar-refractivity contribution in [2.75, 3.05) is 13.2 Å². The number of carbonyl (C=O) groups is 2. The second-order valence-electron chi connectivity index (χ2n) is 9.91. The fourth-order valence-electron chi connectivity index (χ4n) is 5.07. The lowest BCUT2D eigenvalue weighted by atomic mass is 9.98. The van der Waals surface area contributed by atoms with Crippen molar-refractivity contribution in [1.29, 1.82) is 0 Å². The van der Waals surface area contributed by atoms with Crippen molar-refractivity contribution in [2.24, 2.45) is 5.92 Å². The van der Waals surface area contributed by atoms with Gasteiger partial charge in [0.25, 0.3) is 0 Å². The van der Waals surface area contributed by atoms with Crippen LogP contribution < -0.4 is 5.32 Å². The van der Waals surface area contributed by atoms with E-state index in [9.17, 15) is 18.0 Å². The summed E-state index contributed by atoms with van der Waals surface area (Å²) in [5.41, 5.74) is 4.99. The lowest BCUT2D eigenvalue weighted by Crippen LogP contribution is -2.43. The lowest BCUT2D eigenvalue weighted by molar-refractivity contribution is -0.145. The molecule has 3 aromatic carbocycles. The fraction of sp³-hybridized carbons (Fsp3) is 0.267. The van der Waals surface area contributed by atoms with Crippen molar-refractivity contribution in [3.63, 3.8) is 0 Å². The third kappa shape index (κ3) is 4.96. The molecule has 7 nitrogen and oxygen atoms in total. The van der Waals surface area contributed by atoms with Gasteiger partial charge in [-0.1, -0.05) is 80.6 Å². The van der Waals surface area contributed by atoms with Crippen molar-refractivity contribution in [3.05, 3.63) is 94.4 Å². The zero-order chi connectivity index (χ0) is 26.9. The van der Waals surface area contributed by atoms with E-state index in [0.717, 1.165) is 22.3 Å². The van der Waals surface area contributed by atoms with E-state index in [4.69, 9.17) is 9.47 Å². The van der Waals surface area contributed by atoms with Crippen molar-refractivity contribution >= 4 is 28.0 Å². The van der Waals surface area contributed by atoms with E-state index < -0.39 is 34.5 Å². The molecular weight excluding hydrogens is 502 g/mol. The van der Waals surface area contributed by atoms with Crippen LogP contribution in [0.15, 0.2) is 82.6 Å². The molecule has 0 unspecified atom stereocenters. The summed E-state index contributed by atoms with van der Waals surface area (Å²) in [6.45, 7) is 3.55. The molecule has 0 bridgehead atoms. The first-order valence-electron chi connectivity index (χ1n) is 12.6. The van der Waals surface area contributed by atoms with Crippen LogP contribution in [0.5, 0.6) is 0 Å². The molecule has 3 aromatic rings. The van der Waals surface area contributed by atoms with E-state index in [1.165, 1.54) is 12.1 Å². The summed E-state index contributed by atoms with van der Waals surface area (Å²) in [4.78, 5) is 25.9. The molecular formula is C30H29NO6S. The molecule has 38 heavy (non-hydrogen) atoms. The van der Waals surface area contributed by atoms with Crippen LogP contribution in [0.3, 0.4) is 0 Å². The number of hydrogen-bond donors (Lipinski definition) is 1. The number of rotatable bonds is 8. The number of alkyl carbamates (subject to hydrolysis) is 1. The molecule has 1 heterocycles. The predicted octanol–water partition coefficient (Wildman–Crippen LogP) is 5.31. The van der Waals surface area contributed by atoms with Gasteiger partial charge in [0.2, 0.25) is 9.84 Å². The largest absolute Gasteiger partial charge is 0.459 e. The molecule has 0 spiro atoms. The van der Waals surface area contributed by atoms with Crippen LogP contribution in [0.25, 0.3) is 17.2 Å². The number of esters is 1. The standard InChI is InChI=1S/C30H29NO6S/c1-19(2)15-27(29(32)36-17-21-16-20-9-3-8-14-28(20)38(21,34)35)31-30(33)37-18-26-24-12-6-4-10-22(24)23-11-5-7-13-25(23)26/h3-14,16,19,26-27H,15,17-18H2,1-2H3,(H,31,33)/t27-/m0/s1. The third-order valence-electron chi connectivity index (χ3n) is 6.85. The summed E-state index contributed by atoms with van der Waals surface area (Å²) in [5.74, 6) is -0.746. The Hall–Kier alpha value is -3.91. The van der Waals surface area contributed by atoms with Crippen molar-refractivity contribution < 1.29 is 27.5 Å². The van der Waals surface area contributed by atoms with Gasteiger partial charge in [0, 0.05) is 5.92 Å². The second-order valence-corrected chi connectivity index (χ2v) is 11.9. The Morgan fingerprint density at radius 1 is 0.868 bits per heavy atom. The third-order valence-corrected chi connectivity index (χ3v) is 8.73. The molecule has 1 aliphatic heterocycles. The van der Waals surface area contributed by atoms with E-state index in [1.807, 2.05) is 50.2 Å². The Morgan fingerprint density at radius 2 is 1.47 bits per heavy atom. The average Bonchev–Trinajstić information content (AvgIpc) is 3.36. The first kappa shape index (κ1) is 25.7. The first-order chi connectivity index (χ1) is 18.3. The van der Waals surface area contributed by atoms with Crippen molar-refractivity contribution in [3.8, 4) is 11.1 Å². The molecule has 0 saturated heterocycles. The number of sulfone groups is 1. The van der Waals surface area contributed by atoms with Crippen LogP contribution in [0.4, 0.5) is 4.79 Å². The molecule has 0 saturated carbocycles. The number of carbonyl (C=O) groups excluding carboxylic acids is 2. The van der Waals surface area contributed by atoms with E-state index in [0.29, 0.717) is 12.0 Å². The maximum absolute atomic E-state index is 12.9. The van der Waals surface area contributed by atoms with Gasteiger partial charge in [-0.3, -0.25) is 0 Å². The highest BCUT2D eigenvalue weighted by molar-refractivity contribution is 7.95. The monoisotopic (exact) mass is 531 g/mol. The molecule has 5 rings (SSSR count). The minimum absolute atomic E-state index is 0.0106. The quantitative estimate of drug-likeness (QED) is 0.396. The van der Waals surface area contributed by atoms with Gasteiger partial charge in [-0.05, 0) is 52.3 Å². The van der Waals surface area contributed by atoms with Crippen molar-refractivity contribution in [1.82, 2.24) is 5.32 Å². The average molecular weight is 532 g/mol. The van der Waals surface area contributed by atoms with Gasteiger partial charge >= 0.3 is 12.1 Å². The first-order valence-corrected chi connectivity index (χ1v) is 14.1. The molecule has 1 N–H and O–H groups in total. The van der Waals surface area contributed by atoms with Crippen LogP contribution in [-0.4, -0.2) is 39.7 Å². The second kappa shape index (κ2) is 10.5. The number of fused-ring (bicyclic) bond motifs is 4. The minimum Gasteiger partial charge on any atom is -0.459 e. The number of hydrogen-bond acceptors (Lipinski definition) is 6. The molecule has 2 aliphatic rings. The van der Waals surface area contributed by atoms with Crippen LogP contribution in [0, 0.1) is 5.92 Å². The highest BCUT2D eigenvalue weighted by Crippen LogP contribution is 2.44. The van der Waals surface area contributed by atoms with E-state index >= 15 is 0 Å². The molecule has 8 heteroatoms. The van der Waals surface area contributed by atoms with Crippen LogP contribution in [0.2, 0.25) is 0 Å². The maximum Gasteiger partial charge on any atom is 0.407 e. The highest BCUT2D eigenvalue weighted by atomic mass is 32.2. The summed E-state index contributed by atoms with van der Waals surface area (Å²) in [7, 11) is -3.71. The number of nitrogens with one attached hydrogen (secondary N) is 1. The van der Waals surface area contributed by atoms with Crippen molar-refractivity contribution in [2.45, 2.75) is 37.1 Å². The van der Waals surface area contributed by atoms with E-state index in [1.54, 1.807) is 18.2 Å². The zero-order valence-corrected chi connectivity index (χ0v) is 22.0. The smallest absolute Gasteiger partial charge is 0.407 e. The van der Waals surface area contributed by atoms with Gasteiger partial charge in [-0.15, -0.1) is 0 Å². The summed E-state index contributed by atoms with van der Waals surface area (Å²) in [6, 6.07) is 21.7. The summed E-state index contributed by atoms with van der Waals surface area (Å²) >= 11 is 0. The molecule has 0 radical (unpaired) electrons. The van der Waals surface area contributed by atoms with Crippen LogP contribution >= 0.6 is 0 Å². The number of amides is 1. The number of benzene rings is 3. The van der Waals surface area contributed by atoms with E-state index in [-0.39, 0.29) is 28.2 Å². The normalized spacial score (nSPS) is 15.7. The SMILES string of the molecule is CC(C)C[C@H](NC(=O)OCC1c2ccccc2-c2ccccc21)C(=O)OCC1=Cc2ccccc2S1(=O)=O. The Morgan fingerprint density at radius 3 is 2.11 bits per heavy atom. The van der Waals surface area contributed by atoms with Crippen LogP contribution in [0.1, 0.15) is 42.9 Å². The predicted molar refractivity (Wildman–Crippen MR) is 144 cm³/mol. The van der Waals surface area contributed by atoms with Crippen LogP contribution in [-0.2, 0) is 24.1 Å². The van der Waals surface area contributed by atoms with Gasteiger partial charge in [-0.25, -0.2) is 18.0 Å². The van der Waals surface area contributed by atoms with Gasteiger partial charge in [0.05, 0.1) is 9.80 Å². The van der Waals surface area contributed by atoms with Gasteiger partial charge in [-0.2, -0.15) is 0 Å². The van der Waals surface area contributed by atoms with Gasteiger partial charge < -0.3 is 14.8 Å². The maximum atomic E-state index is 12.9. The summed E-state index contributed by atoms with van der Waals surface area (Å²) in [5, 5.41) is 2.63. The Bertz CT molecular complexity index is 1480. The molecule has 0 aromatic heterocycles. The summed E-state index contributed by atoms with van der Waals surface area (Å²) < 4.78 is 36.5.